The highest BCUT2D eigenvalue weighted by molar-refractivity contribution is 7.86. The largest absolute Gasteiger partial charge is 0.480 e. The maximum atomic E-state index is 12.8. The van der Waals surface area contributed by atoms with Gasteiger partial charge in [0.15, 0.2) is 0 Å². The highest BCUT2D eigenvalue weighted by Crippen LogP contribution is 2.45. The van der Waals surface area contributed by atoms with Crippen molar-refractivity contribution in [3.05, 3.63) is 0 Å². The lowest BCUT2D eigenvalue weighted by Gasteiger charge is -2.44. The third-order valence-corrected chi connectivity index (χ3v) is 7.86. The van der Waals surface area contributed by atoms with Crippen molar-refractivity contribution in [2.75, 3.05) is 19.6 Å². The van der Waals surface area contributed by atoms with Gasteiger partial charge in [-0.25, -0.2) is 0 Å². The molecule has 126 valence electrons. The van der Waals surface area contributed by atoms with Crippen LogP contribution in [0, 0.1) is 5.41 Å². The van der Waals surface area contributed by atoms with Crippen LogP contribution >= 0.6 is 0 Å². The maximum Gasteiger partial charge on any atom is 0.322 e. The molecular formula is C15H26N2O4S. The first-order chi connectivity index (χ1) is 10.4. The van der Waals surface area contributed by atoms with Gasteiger partial charge in [0.1, 0.15) is 6.04 Å². The Hall–Kier alpha value is -0.660. The summed E-state index contributed by atoms with van der Waals surface area (Å²) in [6.45, 7) is 1.43. The van der Waals surface area contributed by atoms with Crippen molar-refractivity contribution >= 4 is 16.2 Å². The van der Waals surface area contributed by atoms with Crippen LogP contribution in [0.4, 0.5) is 0 Å². The molecule has 0 amide bonds. The lowest BCUT2D eigenvalue weighted by atomic mass is 9.68. The van der Waals surface area contributed by atoms with Gasteiger partial charge < -0.3 is 5.11 Å². The molecule has 1 atom stereocenters. The van der Waals surface area contributed by atoms with Crippen LogP contribution in [-0.2, 0) is 15.0 Å². The fraction of sp³-hybridized carbons (Fsp3) is 0.933. The van der Waals surface area contributed by atoms with E-state index >= 15 is 0 Å². The summed E-state index contributed by atoms with van der Waals surface area (Å²) >= 11 is 0. The molecular weight excluding hydrogens is 304 g/mol. The molecule has 3 rings (SSSR count). The molecule has 3 fully saturated rings. The molecule has 0 unspecified atom stereocenters. The summed E-state index contributed by atoms with van der Waals surface area (Å²) in [6.07, 6.45) is 9.19. The van der Waals surface area contributed by atoms with Crippen LogP contribution < -0.4 is 0 Å². The van der Waals surface area contributed by atoms with Gasteiger partial charge in [-0.05, 0) is 43.9 Å². The van der Waals surface area contributed by atoms with Gasteiger partial charge >= 0.3 is 5.97 Å². The van der Waals surface area contributed by atoms with E-state index in [0.717, 1.165) is 12.8 Å². The van der Waals surface area contributed by atoms with Crippen molar-refractivity contribution in [2.24, 2.45) is 5.41 Å². The molecule has 1 saturated carbocycles. The molecule has 0 radical (unpaired) electrons. The van der Waals surface area contributed by atoms with Gasteiger partial charge in [0.25, 0.3) is 10.2 Å². The van der Waals surface area contributed by atoms with Crippen LogP contribution in [0.5, 0.6) is 0 Å². The number of carboxylic acids is 1. The van der Waals surface area contributed by atoms with E-state index in [9.17, 15) is 18.3 Å². The van der Waals surface area contributed by atoms with Gasteiger partial charge in [0.05, 0.1) is 0 Å². The summed E-state index contributed by atoms with van der Waals surface area (Å²) in [5.41, 5.74) is 0.349. The Bertz CT molecular complexity index is 518. The van der Waals surface area contributed by atoms with Crippen LogP contribution in [0.25, 0.3) is 0 Å². The van der Waals surface area contributed by atoms with E-state index < -0.39 is 22.2 Å². The normalized spacial score (nSPS) is 30.6. The molecule has 2 aliphatic heterocycles. The van der Waals surface area contributed by atoms with Crippen LogP contribution in [0.3, 0.4) is 0 Å². The summed E-state index contributed by atoms with van der Waals surface area (Å²) in [7, 11) is -3.63. The highest BCUT2D eigenvalue weighted by atomic mass is 32.2. The second-order valence-electron chi connectivity index (χ2n) is 7.07. The SMILES string of the molecule is O=C(O)[C@@H]1CCCN1S(=O)(=O)N1CCC2(CCCCC2)CC1. The molecule has 7 heteroatoms. The molecule has 2 heterocycles. The molecule has 0 aromatic rings. The quantitative estimate of drug-likeness (QED) is 0.856. The van der Waals surface area contributed by atoms with E-state index in [4.69, 9.17) is 0 Å². The van der Waals surface area contributed by atoms with Crippen LogP contribution in [0.15, 0.2) is 0 Å². The third-order valence-electron chi connectivity index (χ3n) is 5.81. The molecule has 1 aliphatic carbocycles. The first-order valence-electron chi connectivity index (χ1n) is 8.44. The van der Waals surface area contributed by atoms with Crippen molar-refractivity contribution in [3.63, 3.8) is 0 Å². The smallest absolute Gasteiger partial charge is 0.322 e. The zero-order chi connectivity index (χ0) is 15.8. The lowest BCUT2D eigenvalue weighted by molar-refractivity contribution is -0.140. The van der Waals surface area contributed by atoms with Gasteiger partial charge in [-0.3, -0.25) is 4.79 Å². The van der Waals surface area contributed by atoms with Crippen molar-refractivity contribution in [1.29, 1.82) is 0 Å². The Balaban J connectivity index is 1.68. The molecule has 2 saturated heterocycles. The van der Waals surface area contributed by atoms with Crippen molar-refractivity contribution < 1.29 is 18.3 Å². The van der Waals surface area contributed by atoms with E-state index in [1.165, 1.54) is 40.7 Å². The van der Waals surface area contributed by atoms with Crippen molar-refractivity contribution in [1.82, 2.24) is 8.61 Å². The van der Waals surface area contributed by atoms with Gasteiger partial charge in [0, 0.05) is 19.6 Å². The average molecular weight is 330 g/mol. The number of nitrogens with zero attached hydrogens (tertiary/aromatic N) is 2. The Kier molecular flexibility index (Phi) is 4.49. The molecule has 0 aromatic carbocycles. The van der Waals surface area contributed by atoms with Crippen molar-refractivity contribution in [3.8, 4) is 0 Å². The molecule has 0 aromatic heterocycles. The second-order valence-corrected chi connectivity index (χ2v) is 8.96. The summed E-state index contributed by atoms with van der Waals surface area (Å²) in [4.78, 5) is 11.3. The van der Waals surface area contributed by atoms with Gasteiger partial charge in [-0.2, -0.15) is 17.0 Å². The predicted molar refractivity (Wildman–Crippen MR) is 82.6 cm³/mol. The van der Waals surface area contributed by atoms with E-state index in [1.807, 2.05) is 0 Å². The first kappa shape index (κ1) is 16.2. The molecule has 6 nitrogen and oxygen atoms in total. The monoisotopic (exact) mass is 330 g/mol. The highest BCUT2D eigenvalue weighted by Gasteiger charge is 2.44. The van der Waals surface area contributed by atoms with E-state index in [1.54, 1.807) is 0 Å². The number of carboxylic acid groups (broad SMARTS) is 1. The topological polar surface area (TPSA) is 77.9 Å². The fourth-order valence-corrected chi connectivity index (χ4v) is 6.22. The minimum atomic E-state index is -3.63. The van der Waals surface area contributed by atoms with E-state index in [-0.39, 0.29) is 0 Å². The molecule has 0 bridgehead atoms. The Morgan fingerprint density at radius 1 is 0.955 bits per heavy atom. The van der Waals surface area contributed by atoms with Gasteiger partial charge in [-0.1, -0.05) is 19.3 Å². The third kappa shape index (κ3) is 2.90. The van der Waals surface area contributed by atoms with Gasteiger partial charge in [0.2, 0.25) is 0 Å². The Morgan fingerprint density at radius 2 is 1.59 bits per heavy atom. The van der Waals surface area contributed by atoms with E-state index in [2.05, 4.69) is 0 Å². The number of hydrogen-bond donors (Lipinski definition) is 1. The first-order valence-corrected chi connectivity index (χ1v) is 9.84. The summed E-state index contributed by atoms with van der Waals surface area (Å²) in [5.74, 6) is -1.03. The van der Waals surface area contributed by atoms with Gasteiger partial charge in [-0.15, -0.1) is 0 Å². The molecule has 1 spiro atoms. The average Bonchev–Trinajstić information content (AvgIpc) is 2.99. The summed E-state index contributed by atoms with van der Waals surface area (Å²) < 4.78 is 28.2. The molecule has 3 aliphatic rings. The minimum Gasteiger partial charge on any atom is -0.480 e. The standard InChI is InChI=1S/C15H26N2O4S/c18-14(19)13-5-4-10-17(13)22(20,21)16-11-8-15(9-12-16)6-2-1-3-7-15/h13H,1-12H2,(H,18,19)/t13-/m0/s1. The van der Waals surface area contributed by atoms with Crippen molar-refractivity contribution in [2.45, 2.75) is 63.8 Å². The maximum absolute atomic E-state index is 12.8. The number of piperidine rings is 1. The fourth-order valence-electron chi connectivity index (χ4n) is 4.40. The van der Waals surface area contributed by atoms with Crippen LogP contribution in [-0.4, -0.2) is 53.8 Å². The summed E-state index contributed by atoms with van der Waals surface area (Å²) in [6, 6.07) is -0.879. The summed E-state index contributed by atoms with van der Waals surface area (Å²) in [5, 5.41) is 9.22. The zero-order valence-corrected chi connectivity index (χ0v) is 13.9. The zero-order valence-electron chi connectivity index (χ0n) is 13.0. The number of aliphatic carboxylic acids is 1. The molecule has 1 N–H and O–H groups in total. The number of carbonyl (C=O) groups is 1. The number of rotatable bonds is 3. The van der Waals surface area contributed by atoms with Crippen LogP contribution in [0.2, 0.25) is 0 Å². The van der Waals surface area contributed by atoms with Crippen LogP contribution in [0.1, 0.15) is 57.8 Å². The minimum absolute atomic E-state index is 0.334. The number of hydrogen-bond acceptors (Lipinski definition) is 3. The lowest BCUT2D eigenvalue weighted by Crippen LogP contribution is -2.52. The molecule has 22 heavy (non-hydrogen) atoms. The van der Waals surface area contributed by atoms with E-state index in [0.29, 0.717) is 37.9 Å². The second kappa shape index (κ2) is 6.09. The predicted octanol–water partition coefficient (Wildman–Crippen LogP) is 1.83. The Labute approximate surface area is 132 Å². The Morgan fingerprint density at radius 3 is 2.18 bits per heavy atom.